The van der Waals surface area contributed by atoms with Crippen LogP contribution in [-0.2, 0) is 5.54 Å². The van der Waals surface area contributed by atoms with Gasteiger partial charge in [-0.15, -0.1) is 0 Å². The number of aromatic amines is 1. The van der Waals surface area contributed by atoms with Crippen LogP contribution in [0.4, 0.5) is 0 Å². The molecule has 1 saturated carbocycles. The van der Waals surface area contributed by atoms with Crippen LogP contribution in [-0.4, -0.2) is 9.55 Å². The van der Waals surface area contributed by atoms with Crippen LogP contribution >= 0.6 is 0 Å². The van der Waals surface area contributed by atoms with Crippen molar-refractivity contribution in [1.29, 1.82) is 0 Å². The lowest BCUT2D eigenvalue weighted by Gasteiger charge is -2.38. The number of hydrogen-bond acceptors (Lipinski definition) is 2. The minimum atomic E-state index is -0.137. The Kier molecular flexibility index (Phi) is 2.19. The Bertz CT molecular complexity index is 575. The molecule has 0 spiro atoms. The van der Waals surface area contributed by atoms with Crippen LogP contribution in [0.5, 0.6) is 0 Å². The lowest BCUT2D eigenvalue weighted by Crippen LogP contribution is -2.43. The summed E-state index contributed by atoms with van der Waals surface area (Å²) < 4.78 is 1.58. The summed E-state index contributed by atoms with van der Waals surface area (Å²) in [5, 5.41) is 0. The fourth-order valence-corrected chi connectivity index (χ4v) is 2.32. The summed E-state index contributed by atoms with van der Waals surface area (Å²) in [4.78, 5) is 14.1. The Hall–Kier alpha value is -1.81. The number of nitrogens with zero attached hydrogens (tertiary/aromatic N) is 1. The second kappa shape index (κ2) is 3.60. The van der Waals surface area contributed by atoms with Crippen molar-refractivity contribution in [2.45, 2.75) is 24.8 Å². The van der Waals surface area contributed by atoms with E-state index in [1.807, 2.05) is 24.3 Å². The third-order valence-electron chi connectivity index (χ3n) is 3.62. The highest BCUT2D eigenvalue weighted by atomic mass is 16.1. The van der Waals surface area contributed by atoms with Gasteiger partial charge < -0.3 is 10.7 Å². The molecule has 0 aliphatic heterocycles. The largest absolute Gasteiger partial charge is 0.330 e. The zero-order valence-corrected chi connectivity index (χ0v) is 9.52. The summed E-state index contributed by atoms with van der Waals surface area (Å²) in [6.07, 6.45) is 6.66. The summed E-state index contributed by atoms with van der Waals surface area (Å²) in [7, 11) is 0. The van der Waals surface area contributed by atoms with Crippen molar-refractivity contribution in [3.63, 3.8) is 0 Å². The molecule has 88 valence electrons. The molecule has 0 saturated heterocycles. The Morgan fingerprint density at radius 1 is 1.24 bits per heavy atom. The van der Waals surface area contributed by atoms with Crippen molar-refractivity contribution in [2.75, 3.05) is 0 Å². The highest BCUT2D eigenvalue weighted by Crippen LogP contribution is 2.38. The molecule has 1 aromatic heterocycles. The van der Waals surface area contributed by atoms with E-state index in [0.717, 1.165) is 24.1 Å². The Labute approximate surface area is 99.1 Å². The lowest BCUT2D eigenvalue weighted by molar-refractivity contribution is 0.253. The SMILES string of the molecule is NC1(c2ccc(-n3cc[nH]c3=O)cc2)CCC1. The van der Waals surface area contributed by atoms with Gasteiger partial charge in [0.15, 0.2) is 0 Å². The standard InChI is InChI=1S/C13H15N3O/c14-13(6-1-7-13)10-2-4-11(5-3-10)16-9-8-15-12(16)17/h2-5,8-9H,1,6-7,14H2,(H,15,17). The first-order chi connectivity index (χ1) is 8.19. The number of nitrogens with one attached hydrogen (secondary N) is 1. The maximum atomic E-state index is 11.5. The van der Waals surface area contributed by atoms with Crippen molar-refractivity contribution < 1.29 is 0 Å². The van der Waals surface area contributed by atoms with Gasteiger partial charge in [0, 0.05) is 17.9 Å². The topological polar surface area (TPSA) is 63.8 Å². The van der Waals surface area contributed by atoms with Crippen LogP contribution in [0.2, 0.25) is 0 Å². The molecule has 4 nitrogen and oxygen atoms in total. The predicted octanol–water partition coefficient (Wildman–Crippen LogP) is 1.50. The average Bonchev–Trinajstić information content (AvgIpc) is 2.73. The molecule has 1 heterocycles. The van der Waals surface area contributed by atoms with Crippen molar-refractivity contribution in [3.8, 4) is 5.69 Å². The molecule has 1 aliphatic carbocycles. The van der Waals surface area contributed by atoms with Gasteiger partial charge in [0.2, 0.25) is 0 Å². The zero-order chi connectivity index (χ0) is 11.9. The number of H-pyrrole nitrogens is 1. The minimum Gasteiger partial charge on any atom is -0.321 e. The average molecular weight is 229 g/mol. The van der Waals surface area contributed by atoms with E-state index >= 15 is 0 Å². The third-order valence-corrected chi connectivity index (χ3v) is 3.62. The molecular formula is C13H15N3O. The molecule has 3 N–H and O–H groups in total. The first-order valence-corrected chi connectivity index (χ1v) is 5.85. The number of imidazole rings is 1. The smallest absolute Gasteiger partial charge is 0.321 e. The molecule has 1 fully saturated rings. The van der Waals surface area contributed by atoms with Crippen molar-refractivity contribution >= 4 is 0 Å². The van der Waals surface area contributed by atoms with Gasteiger partial charge in [-0.2, -0.15) is 0 Å². The Morgan fingerprint density at radius 3 is 2.41 bits per heavy atom. The van der Waals surface area contributed by atoms with Gasteiger partial charge in [-0.05, 0) is 37.0 Å². The van der Waals surface area contributed by atoms with Gasteiger partial charge in [-0.1, -0.05) is 12.1 Å². The van der Waals surface area contributed by atoms with Gasteiger partial charge in [-0.25, -0.2) is 4.79 Å². The lowest BCUT2D eigenvalue weighted by atomic mass is 9.73. The van der Waals surface area contributed by atoms with E-state index in [2.05, 4.69) is 4.98 Å². The number of rotatable bonds is 2. The number of benzene rings is 1. The summed E-state index contributed by atoms with van der Waals surface area (Å²) in [5.41, 5.74) is 8.02. The van der Waals surface area contributed by atoms with Crippen molar-refractivity contribution in [3.05, 3.63) is 52.7 Å². The summed E-state index contributed by atoms with van der Waals surface area (Å²) in [5.74, 6) is 0. The monoisotopic (exact) mass is 229 g/mol. The van der Waals surface area contributed by atoms with E-state index in [-0.39, 0.29) is 11.2 Å². The molecule has 0 bridgehead atoms. The summed E-state index contributed by atoms with van der Waals surface area (Å²) >= 11 is 0. The quantitative estimate of drug-likeness (QED) is 0.819. The molecule has 1 aliphatic rings. The molecule has 1 aromatic carbocycles. The third kappa shape index (κ3) is 1.61. The first kappa shape index (κ1) is 10.4. The highest BCUT2D eigenvalue weighted by Gasteiger charge is 2.33. The van der Waals surface area contributed by atoms with Gasteiger partial charge in [0.1, 0.15) is 0 Å². The summed E-state index contributed by atoms with van der Waals surface area (Å²) in [6.45, 7) is 0. The zero-order valence-electron chi connectivity index (χ0n) is 9.52. The van der Waals surface area contributed by atoms with Gasteiger partial charge in [-0.3, -0.25) is 4.57 Å². The predicted molar refractivity (Wildman–Crippen MR) is 66.1 cm³/mol. The van der Waals surface area contributed by atoms with E-state index in [4.69, 9.17) is 5.73 Å². The fourth-order valence-electron chi connectivity index (χ4n) is 2.32. The molecule has 4 heteroatoms. The van der Waals surface area contributed by atoms with Crippen LogP contribution in [0.3, 0.4) is 0 Å². The highest BCUT2D eigenvalue weighted by molar-refractivity contribution is 5.38. The van der Waals surface area contributed by atoms with Gasteiger partial charge in [0.05, 0.1) is 5.69 Å². The van der Waals surface area contributed by atoms with Crippen molar-refractivity contribution in [1.82, 2.24) is 9.55 Å². The van der Waals surface area contributed by atoms with E-state index in [0.29, 0.717) is 0 Å². The van der Waals surface area contributed by atoms with Crippen LogP contribution in [0.1, 0.15) is 24.8 Å². The first-order valence-electron chi connectivity index (χ1n) is 5.85. The van der Waals surface area contributed by atoms with Gasteiger partial charge in [0.25, 0.3) is 0 Å². The van der Waals surface area contributed by atoms with Crippen LogP contribution in [0, 0.1) is 0 Å². The van der Waals surface area contributed by atoms with Crippen LogP contribution in [0.15, 0.2) is 41.5 Å². The number of aromatic nitrogens is 2. The fraction of sp³-hybridized carbons (Fsp3) is 0.308. The van der Waals surface area contributed by atoms with E-state index in [9.17, 15) is 4.79 Å². The van der Waals surface area contributed by atoms with E-state index in [1.165, 1.54) is 6.42 Å². The van der Waals surface area contributed by atoms with Crippen molar-refractivity contribution in [2.24, 2.45) is 5.73 Å². The maximum absolute atomic E-state index is 11.5. The second-order valence-corrected chi connectivity index (χ2v) is 4.69. The van der Waals surface area contributed by atoms with Crippen LogP contribution < -0.4 is 11.4 Å². The summed E-state index contributed by atoms with van der Waals surface area (Å²) in [6, 6.07) is 7.93. The Morgan fingerprint density at radius 2 is 1.94 bits per heavy atom. The molecule has 0 radical (unpaired) electrons. The second-order valence-electron chi connectivity index (χ2n) is 4.69. The van der Waals surface area contributed by atoms with E-state index in [1.54, 1.807) is 17.0 Å². The Balaban J connectivity index is 1.96. The molecule has 2 aromatic rings. The molecule has 0 unspecified atom stereocenters. The van der Waals surface area contributed by atoms with E-state index < -0.39 is 0 Å². The molecule has 0 amide bonds. The maximum Gasteiger partial charge on any atom is 0.330 e. The molecule has 3 rings (SSSR count). The number of nitrogens with two attached hydrogens (primary N) is 1. The molecular weight excluding hydrogens is 214 g/mol. The minimum absolute atomic E-state index is 0.121. The van der Waals surface area contributed by atoms with Crippen LogP contribution in [0.25, 0.3) is 5.69 Å². The molecule has 17 heavy (non-hydrogen) atoms. The number of hydrogen-bond donors (Lipinski definition) is 2. The normalized spacial score (nSPS) is 17.7. The molecule has 0 atom stereocenters. The van der Waals surface area contributed by atoms with Gasteiger partial charge >= 0.3 is 5.69 Å².